The smallest absolute Gasteiger partial charge is 0.138 e. The molecular weight excluding hydrogens is 574 g/mol. The number of morpholine rings is 2. The second-order valence-electron chi connectivity index (χ2n) is 7.64. The van der Waals surface area contributed by atoms with E-state index in [0.29, 0.717) is 6.61 Å². The number of nitrogens with zero attached hydrogens (tertiary/aromatic N) is 2. The van der Waals surface area contributed by atoms with E-state index in [4.69, 9.17) is 14.2 Å². The molecule has 3 aliphatic rings. The van der Waals surface area contributed by atoms with Gasteiger partial charge >= 0.3 is 0 Å². The van der Waals surface area contributed by atoms with Gasteiger partial charge in [0.05, 0.1) is 48.1 Å². The lowest BCUT2D eigenvalue weighted by molar-refractivity contribution is -0.0929. The summed E-state index contributed by atoms with van der Waals surface area (Å²) in [7, 11) is 0. The van der Waals surface area contributed by atoms with Crippen molar-refractivity contribution in [2.75, 3.05) is 72.3 Å². The Balaban J connectivity index is 1.64. The average molecular weight is 600 g/mol. The van der Waals surface area contributed by atoms with Crippen LogP contribution in [0.5, 0.6) is 5.75 Å². The molecule has 0 amide bonds. The summed E-state index contributed by atoms with van der Waals surface area (Å²) in [6, 6.07) is 4.18. The molecule has 4 rings (SSSR count). The van der Waals surface area contributed by atoms with Gasteiger partial charge in [0.1, 0.15) is 5.75 Å². The fourth-order valence-electron chi connectivity index (χ4n) is 4.28. The SMILES string of the molecule is OC1c2cc(I)cc(I)c2OCC1(CN1CCOCC1)CN1CCOCC1. The highest BCUT2D eigenvalue weighted by Crippen LogP contribution is 2.46. The minimum atomic E-state index is -0.546. The maximum Gasteiger partial charge on any atom is 0.138 e. The molecule has 27 heavy (non-hydrogen) atoms. The van der Waals surface area contributed by atoms with Crippen molar-refractivity contribution in [2.24, 2.45) is 5.41 Å². The number of halogens is 2. The van der Waals surface area contributed by atoms with Gasteiger partial charge in [-0.15, -0.1) is 0 Å². The highest BCUT2D eigenvalue weighted by atomic mass is 127. The van der Waals surface area contributed by atoms with Crippen molar-refractivity contribution in [1.82, 2.24) is 9.80 Å². The molecule has 0 radical (unpaired) electrons. The van der Waals surface area contributed by atoms with Gasteiger partial charge in [0.2, 0.25) is 0 Å². The molecule has 2 saturated heterocycles. The summed E-state index contributed by atoms with van der Waals surface area (Å²) < 4.78 is 19.5. The summed E-state index contributed by atoms with van der Waals surface area (Å²) in [6.45, 7) is 8.85. The second kappa shape index (κ2) is 8.97. The standard InChI is InChI=1S/C19H26I2N2O4/c20-14-9-15-17(16(21)10-14)27-13-19(18(15)24,11-22-1-5-25-6-2-22)12-23-3-7-26-8-4-23/h9-10,18,24H,1-8,11-13H2. The third-order valence-corrected chi connectivity index (χ3v) is 7.12. The number of fused-ring (bicyclic) bond motifs is 1. The molecule has 0 saturated carbocycles. The fraction of sp³-hybridized carbons (Fsp3) is 0.684. The van der Waals surface area contributed by atoms with E-state index in [-0.39, 0.29) is 5.41 Å². The summed E-state index contributed by atoms with van der Waals surface area (Å²) in [5, 5.41) is 11.6. The monoisotopic (exact) mass is 600 g/mol. The van der Waals surface area contributed by atoms with Crippen LogP contribution in [-0.4, -0.2) is 87.2 Å². The lowest BCUT2D eigenvalue weighted by Crippen LogP contribution is -2.56. The van der Waals surface area contributed by atoms with Crippen molar-refractivity contribution in [3.05, 3.63) is 24.8 Å². The molecule has 6 nitrogen and oxygen atoms in total. The van der Waals surface area contributed by atoms with E-state index in [2.05, 4.69) is 67.1 Å². The van der Waals surface area contributed by atoms with Gasteiger partial charge in [0.25, 0.3) is 0 Å². The molecule has 3 aliphatic heterocycles. The Morgan fingerprint density at radius 3 is 2.07 bits per heavy atom. The predicted octanol–water partition coefficient (Wildman–Crippen LogP) is 1.97. The molecule has 1 unspecified atom stereocenters. The van der Waals surface area contributed by atoms with Crippen LogP contribution in [0.25, 0.3) is 0 Å². The Morgan fingerprint density at radius 1 is 0.963 bits per heavy atom. The van der Waals surface area contributed by atoms with E-state index in [0.717, 1.165) is 84.1 Å². The van der Waals surface area contributed by atoms with Crippen LogP contribution < -0.4 is 4.74 Å². The summed E-state index contributed by atoms with van der Waals surface area (Å²) in [6.07, 6.45) is -0.546. The largest absolute Gasteiger partial charge is 0.491 e. The summed E-state index contributed by atoms with van der Waals surface area (Å²) >= 11 is 4.63. The average Bonchev–Trinajstić information content (AvgIpc) is 2.67. The van der Waals surface area contributed by atoms with Gasteiger partial charge in [-0.1, -0.05) is 0 Å². The first kappa shape index (κ1) is 20.5. The molecule has 2 fully saturated rings. The maximum atomic E-state index is 11.6. The van der Waals surface area contributed by atoms with E-state index < -0.39 is 6.10 Å². The van der Waals surface area contributed by atoms with Gasteiger partial charge < -0.3 is 19.3 Å². The van der Waals surface area contributed by atoms with Crippen molar-refractivity contribution in [1.29, 1.82) is 0 Å². The molecule has 1 atom stereocenters. The number of hydrogen-bond donors (Lipinski definition) is 1. The third-order valence-electron chi connectivity index (χ3n) is 5.70. The van der Waals surface area contributed by atoms with E-state index in [1.165, 1.54) is 0 Å². The number of ether oxygens (including phenoxy) is 3. The summed E-state index contributed by atoms with van der Waals surface area (Å²) in [5.41, 5.74) is 0.578. The molecule has 0 spiro atoms. The molecule has 0 aromatic heterocycles. The highest BCUT2D eigenvalue weighted by Gasteiger charge is 2.47. The lowest BCUT2D eigenvalue weighted by atomic mass is 9.76. The Kier molecular flexibility index (Phi) is 6.82. The van der Waals surface area contributed by atoms with Crippen LogP contribution in [0.1, 0.15) is 11.7 Å². The molecular formula is C19H26I2N2O4. The van der Waals surface area contributed by atoms with Gasteiger partial charge in [-0.3, -0.25) is 9.80 Å². The number of aliphatic hydroxyl groups is 1. The van der Waals surface area contributed by atoms with Crippen molar-refractivity contribution < 1.29 is 19.3 Å². The highest BCUT2D eigenvalue weighted by molar-refractivity contribution is 14.1. The van der Waals surface area contributed by atoms with Gasteiger partial charge in [-0.05, 0) is 57.3 Å². The molecule has 1 aromatic carbocycles. The zero-order valence-corrected chi connectivity index (χ0v) is 19.6. The number of hydrogen-bond acceptors (Lipinski definition) is 6. The Hall–Kier alpha value is 0.280. The quantitative estimate of drug-likeness (QED) is 0.535. The van der Waals surface area contributed by atoms with Crippen molar-refractivity contribution >= 4 is 45.2 Å². The van der Waals surface area contributed by atoms with E-state index in [1.54, 1.807) is 0 Å². The number of rotatable bonds is 4. The third kappa shape index (κ3) is 4.56. The van der Waals surface area contributed by atoms with Crippen LogP contribution in [0.15, 0.2) is 12.1 Å². The molecule has 3 heterocycles. The summed E-state index contributed by atoms with van der Waals surface area (Å²) in [4.78, 5) is 4.83. The normalized spacial score (nSPS) is 26.4. The van der Waals surface area contributed by atoms with E-state index in [9.17, 15) is 5.11 Å². The Bertz CT molecular complexity index is 643. The summed E-state index contributed by atoms with van der Waals surface area (Å²) in [5.74, 6) is 0.850. The van der Waals surface area contributed by atoms with Crippen LogP contribution >= 0.6 is 45.2 Å². The maximum absolute atomic E-state index is 11.6. The van der Waals surface area contributed by atoms with Crippen LogP contribution in [0.2, 0.25) is 0 Å². The zero-order chi connectivity index (χ0) is 18.9. The fourth-order valence-corrected chi connectivity index (χ4v) is 6.33. The van der Waals surface area contributed by atoms with Crippen LogP contribution in [0, 0.1) is 12.6 Å². The first-order valence-electron chi connectivity index (χ1n) is 9.47. The predicted molar refractivity (Wildman–Crippen MR) is 119 cm³/mol. The van der Waals surface area contributed by atoms with E-state index >= 15 is 0 Å². The zero-order valence-electron chi connectivity index (χ0n) is 15.3. The second-order valence-corrected chi connectivity index (χ2v) is 10.0. The first-order valence-corrected chi connectivity index (χ1v) is 11.6. The topological polar surface area (TPSA) is 54.4 Å². The number of benzene rings is 1. The molecule has 0 bridgehead atoms. The van der Waals surface area contributed by atoms with Crippen molar-refractivity contribution in [3.8, 4) is 5.75 Å². The van der Waals surface area contributed by atoms with Gasteiger partial charge in [-0.25, -0.2) is 0 Å². The molecule has 1 N–H and O–H groups in total. The first-order chi connectivity index (χ1) is 13.1. The van der Waals surface area contributed by atoms with Crippen LogP contribution in [0.3, 0.4) is 0 Å². The van der Waals surface area contributed by atoms with Gasteiger partial charge in [-0.2, -0.15) is 0 Å². The van der Waals surface area contributed by atoms with Gasteiger partial charge in [0.15, 0.2) is 0 Å². The van der Waals surface area contributed by atoms with Gasteiger partial charge in [0, 0.05) is 48.4 Å². The Morgan fingerprint density at radius 2 is 1.52 bits per heavy atom. The van der Waals surface area contributed by atoms with Crippen LogP contribution in [-0.2, 0) is 9.47 Å². The minimum Gasteiger partial charge on any atom is -0.491 e. The number of aliphatic hydroxyl groups excluding tert-OH is 1. The lowest BCUT2D eigenvalue weighted by Gasteiger charge is -2.48. The molecule has 8 heteroatoms. The Labute approximate surface area is 187 Å². The van der Waals surface area contributed by atoms with E-state index in [1.807, 2.05) is 0 Å². The molecule has 150 valence electrons. The molecule has 1 aromatic rings. The minimum absolute atomic E-state index is 0.352. The van der Waals surface area contributed by atoms with Crippen molar-refractivity contribution in [2.45, 2.75) is 6.10 Å². The van der Waals surface area contributed by atoms with Crippen molar-refractivity contribution in [3.63, 3.8) is 0 Å². The van der Waals surface area contributed by atoms with Crippen LogP contribution in [0.4, 0.5) is 0 Å². The molecule has 0 aliphatic carbocycles.